The van der Waals surface area contributed by atoms with Crippen molar-refractivity contribution in [3.8, 4) is 17.2 Å². The van der Waals surface area contributed by atoms with Crippen molar-refractivity contribution < 1.29 is 22.4 Å². The molecule has 0 aromatic heterocycles. The highest BCUT2D eigenvalue weighted by Crippen LogP contribution is 2.25. The number of quaternary nitrogens is 1. The molecule has 0 aliphatic rings. The lowest BCUT2D eigenvalue weighted by molar-refractivity contribution is 0.306. The van der Waals surface area contributed by atoms with Crippen molar-refractivity contribution >= 4 is 10.1 Å². The molecule has 132 valence electrons. The van der Waals surface area contributed by atoms with E-state index in [2.05, 4.69) is 6.92 Å². The van der Waals surface area contributed by atoms with Crippen molar-refractivity contribution in [1.29, 1.82) is 0 Å². The third kappa shape index (κ3) is 6.19. The Kier molecular flexibility index (Phi) is 7.70. The third-order valence-electron chi connectivity index (χ3n) is 3.19. The van der Waals surface area contributed by atoms with Crippen molar-refractivity contribution in [2.75, 3.05) is 6.61 Å². The highest BCUT2D eigenvalue weighted by molar-refractivity contribution is 7.85. The first kappa shape index (κ1) is 20.0. The Bertz CT molecular complexity index is 712. The normalized spacial score (nSPS) is 10.8. The van der Waals surface area contributed by atoms with Crippen LogP contribution < -0.4 is 15.6 Å². The maximum Gasteiger partial charge on any atom is 0.127 e. The van der Waals surface area contributed by atoms with Crippen LogP contribution in [0.25, 0.3) is 0 Å². The Morgan fingerprint density at radius 2 is 1.38 bits per heavy atom. The molecule has 4 N–H and O–H groups in total. The Balaban J connectivity index is 0.00000288. The summed E-state index contributed by atoms with van der Waals surface area (Å²) in [6.45, 7) is 2.84. The second kappa shape index (κ2) is 9.27. The summed E-state index contributed by atoms with van der Waals surface area (Å²) in [5.74, 6) is 1.83. The average Bonchev–Trinajstić information content (AvgIpc) is 2.53. The molecule has 0 bridgehead atoms. The molecule has 0 unspecified atom stereocenters. The number of hydrogen-bond donors (Lipinski definition) is 1. The molecule has 0 spiro atoms. The number of ether oxygens (including phenoxy) is 2. The maximum absolute atomic E-state index is 10.9. The molecular formula is C17H23NO5S. The van der Waals surface area contributed by atoms with Gasteiger partial charge in [0.05, 0.1) is 11.5 Å². The fourth-order valence-corrected chi connectivity index (χ4v) is 2.43. The zero-order valence-electron chi connectivity index (χ0n) is 13.9. The fourth-order valence-electron chi connectivity index (χ4n) is 1.96. The average molecular weight is 353 g/mol. The molecule has 0 fully saturated rings. The van der Waals surface area contributed by atoms with Crippen molar-refractivity contribution in [2.24, 2.45) is 0 Å². The molecule has 0 aliphatic heterocycles. The van der Waals surface area contributed by atoms with Gasteiger partial charge in [0, 0.05) is 0 Å². The summed E-state index contributed by atoms with van der Waals surface area (Å²) in [7, 11) is -4.43. The van der Waals surface area contributed by atoms with Crippen LogP contribution in [0.3, 0.4) is 0 Å². The molecule has 6 nitrogen and oxygen atoms in total. The summed E-state index contributed by atoms with van der Waals surface area (Å²) in [5.41, 5.74) is 0. The second-order valence-corrected chi connectivity index (χ2v) is 6.43. The molecule has 0 radical (unpaired) electrons. The lowest BCUT2D eigenvalue weighted by atomic mass is 10.2. The molecule has 0 atom stereocenters. The van der Waals surface area contributed by atoms with E-state index in [1.165, 1.54) is 24.3 Å². The van der Waals surface area contributed by atoms with E-state index in [1.807, 2.05) is 12.1 Å². The van der Waals surface area contributed by atoms with E-state index < -0.39 is 10.1 Å². The van der Waals surface area contributed by atoms with E-state index in [-0.39, 0.29) is 11.0 Å². The Morgan fingerprint density at radius 3 is 1.88 bits per heavy atom. The van der Waals surface area contributed by atoms with Gasteiger partial charge in [-0.3, -0.25) is 0 Å². The van der Waals surface area contributed by atoms with Crippen molar-refractivity contribution in [2.45, 2.75) is 31.1 Å². The minimum absolute atomic E-state index is 0. The number of hydrogen-bond acceptors (Lipinski definition) is 5. The molecule has 0 heterocycles. The van der Waals surface area contributed by atoms with Gasteiger partial charge in [0.1, 0.15) is 27.4 Å². The molecule has 0 saturated heterocycles. The predicted molar refractivity (Wildman–Crippen MR) is 91.9 cm³/mol. The first-order valence-electron chi connectivity index (χ1n) is 7.46. The zero-order chi connectivity index (χ0) is 16.7. The van der Waals surface area contributed by atoms with Crippen LogP contribution >= 0.6 is 0 Å². The van der Waals surface area contributed by atoms with Gasteiger partial charge in [0.25, 0.3) is 0 Å². The quantitative estimate of drug-likeness (QED) is 0.560. The van der Waals surface area contributed by atoms with Gasteiger partial charge >= 0.3 is 0 Å². The molecule has 7 heteroatoms. The summed E-state index contributed by atoms with van der Waals surface area (Å²) < 4.78 is 43.8. The van der Waals surface area contributed by atoms with Gasteiger partial charge in [-0.25, -0.2) is 8.42 Å². The summed E-state index contributed by atoms with van der Waals surface area (Å²) in [6, 6.07) is 12.5. The van der Waals surface area contributed by atoms with Crippen molar-refractivity contribution in [1.82, 2.24) is 6.15 Å². The number of unbranched alkanes of at least 4 members (excludes halogenated alkanes) is 2. The van der Waals surface area contributed by atoms with E-state index in [0.717, 1.165) is 25.0 Å². The molecule has 0 amide bonds. The lowest BCUT2D eigenvalue weighted by Gasteiger charge is -2.10. The SMILES string of the molecule is CCCCCOc1ccc(Oc2ccc(S(=O)(=O)[O-])cc2)cc1.[NH4+]. The number of benzene rings is 2. The first-order chi connectivity index (χ1) is 11.0. The molecule has 24 heavy (non-hydrogen) atoms. The van der Waals surface area contributed by atoms with Gasteiger partial charge in [0.15, 0.2) is 0 Å². The fraction of sp³-hybridized carbons (Fsp3) is 0.294. The van der Waals surface area contributed by atoms with E-state index in [1.54, 1.807) is 12.1 Å². The van der Waals surface area contributed by atoms with Gasteiger partial charge in [-0.2, -0.15) is 0 Å². The standard InChI is InChI=1S/C17H20O5S.H3N/c1-2-3-4-13-21-14-5-7-15(8-6-14)22-16-9-11-17(12-10-16)23(18,19)20;/h5-12H,2-4,13H2,1H3,(H,18,19,20);1H3. The van der Waals surface area contributed by atoms with Crippen LogP contribution in [-0.4, -0.2) is 19.6 Å². The highest BCUT2D eigenvalue weighted by Gasteiger charge is 2.03. The Hall–Kier alpha value is -2.09. The van der Waals surface area contributed by atoms with Crippen molar-refractivity contribution in [3.63, 3.8) is 0 Å². The second-order valence-electron chi connectivity index (χ2n) is 5.05. The monoisotopic (exact) mass is 353 g/mol. The minimum atomic E-state index is -4.43. The first-order valence-corrected chi connectivity index (χ1v) is 8.86. The maximum atomic E-state index is 10.9. The van der Waals surface area contributed by atoms with Crippen LogP contribution in [0.15, 0.2) is 53.4 Å². The van der Waals surface area contributed by atoms with Gasteiger partial charge in [-0.05, 0) is 55.0 Å². The molecule has 0 saturated carbocycles. The van der Waals surface area contributed by atoms with Gasteiger partial charge in [0.2, 0.25) is 0 Å². The molecule has 2 aromatic carbocycles. The summed E-state index contributed by atoms with van der Waals surface area (Å²) in [5, 5.41) is 0. The minimum Gasteiger partial charge on any atom is -0.744 e. The van der Waals surface area contributed by atoms with Gasteiger partial charge in [-0.15, -0.1) is 0 Å². The largest absolute Gasteiger partial charge is 0.744 e. The van der Waals surface area contributed by atoms with E-state index in [4.69, 9.17) is 9.47 Å². The lowest BCUT2D eigenvalue weighted by Crippen LogP contribution is -1.98. The van der Waals surface area contributed by atoms with E-state index in [9.17, 15) is 13.0 Å². The van der Waals surface area contributed by atoms with Crippen LogP contribution in [-0.2, 0) is 10.1 Å². The molecule has 2 aromatic rings. The van der Waals surface area contributed by atoms with E-state index in [0.29, 0.717) is 18.1 Å². The Labute approximate surface area is 142 Å². The van der Waals surface area contributed by atoms with Gasteiger partial charge in [-0.1, -0.05) is 19.8 Å². The van der Waals surface area contributed by atoms with E-state index >= 15 is 0 Å². The van der Waals surface area contributed by atoms with Crippen LogP contribution in [0.4, 0.5) is 0 Å². The summed E-state index contributed by atoms with van der Waals surface area (Å²) >= 11 is 0. The Morgan fingerprint density at radius 1 is 0.875 bits per heavy atom. The van der Waals surface area contributed by atoms with Crippen LogP contribution in [0.2, 0.25) is 0 Å². The summed E-state index contributed by atoms with van der Waals surface area (Å²) in [6.07, 6.45) is 3.34. The highest BCUT2D eigenvalue weighted by atomic mass is 32.2. The third-order valence-corrected chi connectivity index (χ3v) is 4.04. The topological polar surface area (TPSA) is 112 Å². The predicted octanol–water partition coefficient (Wildman–Crippen LogP) is 4.33. The van der Waals surface area contributed by atoms with Crippen molar-refractivity contribution in [3.05, 3.63) is 48.5 Å². The number of rotatable bonds is 8. The molecular weight excluding hydrogens is 330 g/mol. The smallest absolute Gasteiger partial charge is 0.127 e. The van der Waals surface area contributed by atoms with Crippen LogP contribution in [0.5, 0.6) is 17.2 Å². The van der Waals surface area contributed by atoms with Crippen LogP contribution in [0, 0.1) is 0 Å². The molecule has 2 rings (SSSR count). The van der Waals surface area contributed by atoms with Crippen LogP contribution in [0.1, 0.15) is 26.2 Å². The zero-order valence-corrected chi connectivity index (χ0v) is 14.7. The summed E-state index contributed by atoms with van der Waals surface area (Å²) in [4.78, 5) is -0.277. The molecule has 0 aliphatic carbocycles. The van der Waals surface area contributed by atoms with Gasteiger partial charge < -0.3 is 20.2 Å².